The van der Waals surface area contributed by atoms with E-state index in [0.717, 1.165) is 185 Å². The van der Waals surface area contributed by atoms with Crippen LogP contribution < -0.4 is 0 Å². The first-order valence-electron chi connectivity index (χ1n) is 48.0. The fourth-order valence-electron chi connectivity index (χ4n) is 18.6. The van der Waals surface area contributed by atoms with Crippen molar-refractivity contribution in [2.75, 3.05) is 0 Å². The topological polar surface area (TPSA) is 155 Å². The van der Waals surface area contributed by atoms with Crippen LogP contribution in [0, 0.1) is 34.6 Å². The van der Waals surface area contributed by atoms with Gasteiger partial charge in [-0.15, -0.1) is 0 Å². The molecule has 0 saturated heterocycles. The van der Waals surface area contributed by atoms with E-state index in [2.05, 4.69) is 315 Å². The number of aryl methyl sites for hydroxylation is 5. The quantitative estimate of drug-likeness (QED) is 0.0751. The molecule has 678 valence electrons. The predicted molar refractivity (Wildman–Crippen MR) is 587 cm³/mol. The van der Waals surface area contributed by atoms with Gasteiger partial charge < -0.3 is 0 Å². The van der Waals surface area contributed by atoms with Crippen molar-refractivity contribution in [3.05, 3.63) is 508 Å². The molecule has 0 atom stereocenters. The molecule has 0 aliphatic heterocycles. The Hall–Kier alpha value is -18.8. The van der Waals surface area contributed by atoms with Crippen molar-refractivity contribution in [2.24, 2.45) is 0 Å². The van der Waals surface area contributed by atoms with E-state index in [-0.39, 0.29) is 0 Å². The van der Waals surface area contributed by atoms with Crippen LogP contribution >= 0.6 is 0 Å². The Kier molecular flexibility index (Phi) is 25.3. The summed E-state index contributed by atoms with van der Waals surface area (Å²) < 4.78 is 0. The van der Waals surface area contributed by atoms with Gasteiger partial charge in [-0.1, -0.05) is 346 Å². The Morgan fingerprint density at radius 3 is 1.03 bits per heavy atom. The van der Waals surface area contributed by atoms with Crippen molar-refractivity contribution in [1.29, 1.82) is 0 Å². The van der Waals surface area contributed by atoms with Gasteiger partial charge >= 0.3 is 0 Å². The van der Waals surface area contributed by atoms with Crippen LogP contribution in [0.1, 0.15) is 28.3 Å². The summed E-state index contributed by atoms with van der Waals surface area (Å²) in [6, 6.07) is 162. The zero-order valence-electron chi connectivity index (χ0n) is 79.5. The summed E-state index contributed by atoms with van der Waals surface area (Å²) in [6.45, 7) is 10.2. The Bertz CT molecular complexity index is 8560. The van der Waals surface area contributed by atoms with E-state index in [4.69, 9.17) is 54.8 Å². The minimum atomic E-state index is 0.606. The van der Waals surface area contributed by atoms with Crippen LogP contribution in [-0.2, 0) is 0 Å². The average Bonchev–Trinajstić information content (AvgIpc) is 0.755. The van der Waals surface area contributed by atoms with E-state index in [1.807, 2.05) is 204 Å². The molecule has 0 unspecified atom stereocenters. The maximum atomic E-state index is 5.16. The third kappa shape index (κ3) is 20.0. The lowest BCUT2D eigenvalue weighted by molar-refractivity contribution is 1.07. The number of pyridine rings is 6. The smallest absolute Gasteiger partial charge is 0.164 e. The molecule has 0 spiro atoms. The molecule has 16 aromatic carbocycles. The Balaban J connectivity index is 0.000000123. The highest BCUT2D eigenvalue weighted by Gasteiger charge is 2.23. The number of aromatic nitrogens is 12. The number of fused-ring (bicyclic) bond motifs is 4. The maximum absolute atomic E-state index is 5.16. The Morgan fingerprint density at radius 1 is 0.140 bits per heavy atom. The summed E-state index contributed by atoms with van der Waals surface area (Å²) in [4.78, 5) is 59.1. The largest absolute Gasteiger partial charge is 0.261 e. The molecule has 0 N–H and O–H groups in total. The molecule has 0 fully saturated rings. The van der Waals surface area contributed by atoms with Crippen molar-refractivity contribution in [2.45, 2.75) is 34.6 Å². The van der Waals surface area contributed by atoms with Gasteiger partial charge in [-0.05, 0) is 261 Å². The van der Waals surface area contributed by atoms with E-state index in [0.29, 0.717) is 34.9 Å². The van der Waals surface area contributed by atoms with E-state index in [1.165, 1.54) is 43.4 Å². The first kappa shape index (κ1) is 89.4. The van der Waals surface area contributed by atoms with E-state index in [9.17, 15) is 0 Å². The molecule has 0 amide bonds. The number of hydrogen-bond donors (Lipinski definition) is 0. The molecule has 8 heterocycles. The molecule has 0 bridgehead atoms. The van der Waals surface area contributed by atoms with Gasteiger partial charge in [0.1, 0.15) is 0 Å². The molecule has 12 nitrogen and oxygen atoms in total. The van der Waals surface area contributed by atoms with E-state index < -0.39 is 0 Å². The number of benzene rings is 16. The summed E-state index contributed by atoms with van der Waals surface area (Å²) in [5.74, 6) is 3.78. The maximum Gasteiger partial charge on any atom is 0.164 e. The van der Waals surface area contributed by atoms with Crippen molar-refractivity contribution in [1.82, 2.24) is 59.8 Å². The normalized spacial score (nSPS) is 11.1. The molecular weight excluding hydrogens is 1740 g/mol. The van der Waals surface area contributed by atoms with E-state index >= 15 is 0 Å². The van der Waals surface area contributed by atoms with Crippen LogP contribution in [0.3, 0.4) is 0 Å². The molecule has 0 radical (unpaired) electrons. The molecule has 0 saturated carbocycles. The summed E-state index contributed by atoms with van der Waals surface area (Å²) in [5, 5.41) is 7.35. The zero-order valence-corrected chi connectivity index (χ0v) is 79.5. The van der Waals surface area contributed by atoms with Gasteiger partial charge in [-0.25, -0.2) is 34.9 Å². The summed E-state index contributed by atoms with van der Waals surface area (Å²) in [6.07, 6.45) is 3.90. The Labute approximate surface area is 831 Å². The summed E-state index contributed by atoms with van der Waals surface area (Å²) in [5.41, 5.74) is 35.8. The van der Waals surface area contributed by atoms with Gasteiger partial charge in [-0.2, -0.15) is 0 Å². The fourth-order valence-corrected chi connectivity index (χ4v) is 18.6. The lowest BCUT2D eigenvalue weighted by Crippen LogP contribution is -2.01. The summed E-state index contributed by atoms with van der Waals surface area (Å²) in [7, 11) is 0. The van der Waals surface area contributed by atoms with Gasteiger partial charge in [0.2, 0.25) is 0 Å². The molecule has 8 aromatic heterocycles. The van der Waals surface area contributed by atoms with Crippen molar-refractivity contribution >= 4 is 32.3 Å². The minimum absolute atomic E-state index is 0.606. The lowest BCUT2D eigenvalue weighted by atomic mass is 9.89. The molecule has 0 aliphatic rings. The molecule has 24 aromatic rings. The lowest BCUT2D eigenvalue weighted by Gasteiger charge is -2.16. The zero-order chi connectivity index (χ0) is 96.5. The van der Waals surface area contributed by atoms with Crippen LogP contribution in [0.25, 0.3) is 235 Å². The monoisotopic (exact) mass is 1830 g/mol. The van der Waals surface area contributed by atoms with Gasteiger partial charge in [0, 0.05) is 102 Å². The highest BCUT2D eigenvalue weighted by atomic mass is 15.0. The SMILES string of the molecule is Cc1cc(C)nc(-c2ccc(-c3cc(-c4ccccc4)cc(-c4nc(-c5ccccc5)nc(-c5ccccc5)n4)c3)nc2C)c1.Cc1ccc(-c2ccc(-c3cc(-c4nc(-c5ccccc5)nc(-c5ccccc5)n4)cc(-c4cccc5ccccc45)c3)cc2)cn1.Cc1cccc(-c2ccc(-c3cc(-c4cc(-c5ccccc5)nc(-c5ccccc5)c4)cc(-c4cc5ccccc5c5ccccc45)c3)cn2)n1. The number of hydrogen-bond acceptors (Lipinski definition) is 12. The number of nitrogens with zero attached hydrogens (tertiary/aromatic N) is 12. The van der Waals surface area contributed by atoms with Crippen LogP contribution in [0.5, 0.6) is 0 Å². The molecule has 143 heavy (non-hydrogen) atoms. The van der Waals surface area contributed by atoms with Gasteiger partial charge in [0.25, 0.3) is 0 Å². The van der Waals surface area contributed by atoms with E-state index in [1.54, 1.807) is 0 Å². The second-order valence-electron chi connectivity index (χ2n) is 35.8. The van der Waals surface area contributed by atoms with Gasteiger partial charge in [0.15, 0.2) is 34.9 Å². The van der Waals surface area contributed by atoms with Crippen molar-refractivity contribution < 1.29 is 0 Å². The Morgan fingerprint density at radius 2 is 0.510 bits per heavy atom. The predicted octanol–water partition coefficient (Wildman–Crippen LogP) is 32.8. The fraction of sp³-hybridized carbons (Fsp3) is 0.0382. The van der Waals surface area contributed by atoms with Crippen LogP contribution in [0.4, 0.5) is 0 Å². The average molecular weight is 1840 g/mol. The third-order valence-electron chi connectivity index (χ3n) is 25.8. The first-order valence-corrected chi connectivity index (χ1v) is 48.0. The summed E-state index contributed by atoms with van der Waals surface area (Å²) >= 11 is 0. The first-order chi connectivity index (χ1) is 70.3. The third-order valence-corrected chi connectivity index (χ3v) is 25.8. The van der Waals surface area contributed by atoms with Crippen molar-refractivity contribution in [3.63, 3.8) is 0 Å². The van der Waals surface area contributed by atoms with Crippen LogP contribution in [0.15, 0.2) is 480 Å². The molecule has 24 rings (SSSR count). The van der Waals surface area contributed by atoms with Gasteiger partial charge in [-0.3, -0.25) is 24.9 Å². The van der Waals surface area contributed by atoms with Crippen LogP contribution in [0.2, 0.25) is 0 Å². The highest BCUT2D eigenvalue weighted by molar-refractivity contribution is 6.14. The highest BCUT2D eigenvalue weighted by Crippen LogP contribution is 2.44. The molecular formula is C131H94N12. The van der Waals surface area contributed by atoms with Gasteiger partial charge in [0.05, 0.1) is 34.2 Å². The standard InChI is InChI=1S/C48H33N3.C43H30N4.C40H31N5/c1-32-13-12-22-46(50-32)45-24-23-36(31-49-45)37-25-38(27-40(26-37)44-28-35-18-8-9-19-41(35)42-20-10-11-21-43(42)44)39-29-47(33-14-4-2-5-15-33)51-48(30-39)34-16-6-3-7-17-34;1-29-19-20-35(28-44-29)30-21-23-31(24-22-30)36-25-37(40-18-10-16-32-11-8-9-17-39(32)40)27-38(26-36)43-46-41(33-12-4-2-5-13-33)45-42(47-43)34-14-6-3-7-15-34;1-26-21-27(2)41-37(22-26)35-19-20-36(42-28(35)3)33-23-32(29-13-7-4-8-14-29)24-34(25-33)40-44-38(30-15-9-5-10-16-30)43-39(45-40)31-17-11-6-12-18-31/h2-31H,1H3;2-28H,1H3;4-25H,1-3H3. The van der Waals surface area contributed by atoms with Crippen molar-refractivity contribution in [3.8, 4) is 203 Å². The second kappa shape index (κ2) is 40.5. The minimum Gasteiger partial charge on any atom is -0.261 e. The molecule has 12 heteroatoms. The van der Waals surface area contributed by atoms with Crippen LogP contribution in [-0.4, -0.2) is 59.8 Å². The second-order valence-corrected chi connectivity index (χ2v) is 35.8. The number of rotatable bonds is 18. The molecule has 0 aliphatic carbocycles.